The van der Waals surface area contributed by atoms with Crippen molar-refractivity contribution >= 4 is 39.8 Å². The number of ether oxygens (including phenoxy) is 1. The molecule has 0 bridgehead atoms. The number of benzene rings is 2. The number of thiazole rings is 1. The maximum absolute atomic E-state index is 12.3. The minimum atomic E-state index is -0.410. The average molecular weight is 388 g/mol. The third-order valence-corrected chi connectivity index (χ3v) is 4.79. The van der Waals surface area contributed by atoms with Gasteiger partial charge < -0.3 is 10.1 Å². The Morgan fingerprint density at radius 2 is 1.96 bits per heavy atom. The molecule has 1 heterocycles. The molecular formula is C19H18ClN3O2S. The molecule has 2 amide bonds. The van der Waals surface area contributed by atoms with Crippen LogP contribution in [0.3, 0.4) is 0 Å². The van der Waals surface area contributed by atoms with E-state index in [1.54, 1.807) is 18.2 Å². The lowest BCUT2D eigenvalue weighted by Crippen LogP contribution is -2.19. The molecule has 0 saturated carbocycles. The Balaban J connectivity index is 1.73. The van der Waals surface area contributed by atoms with Gasteiger partial charge in [-0.05, 0) is 37.6 Å². The van der Waals surface area contributed by atoms with Crippen molar-refractivity contribution in [2.75, 3.05) is 17.7 Å². The van der Waals surface area contributed by atoms with Crippen LogP contribution in [0.25, 0.3) is 11.3 Å². The molecule has 0 aliphatic heterocycles. The van der Waals surface area contributed by atoms with E-state index in [1.807, 2.05) is 24.4 Å². The van der Waals surface area contributed by atoms with E-state index in [1.165, 1.54) is 24.0 Å². The van der Waals surface area contributed by atoms with Crippen molar-refractivity contribution in [2.24, 2.45) is 0 Å². The molecule has 0 aliphatic rings. The van der Waals surface area contributed by atoms with Crippen molar-refractivity contribution in [3.63, 3.8) is 0 Å². The summed E-state index contributed by atoms with van der Waals surface area (Å²) < 4.78 is 5.22. The van der Waals surface area contributed by atoms with Gasteiger partial charge in [0.15, 0.2) is 5.13 Å². The number of carbonyl (C=O) groups excluding carboxylic acids is 1. The standard InChI is InChI=1S/C19H18ClN3O2S/c1-11-4-6-14(12(2)8-11)16-10-26-19(22-16)23-18(24)21-15-9-13(20)5-7-17(15)25-3/h4-10H,1-3H3,(H2,21,22,23,24). The van der Waals surface area contributed by atoms with Gasteiger partial charge in [-0.3, -0.25) is 5.32 Å². The van der Waals surface area contributed by atoms with E-state index in [4.69, 9.17) is 16.3 Å². The third kappa shape index (κ3) is 4.15. The highest BCUT2D eigenvalue weighted by Gasteiger charge is 2.12. The van der Waals surface area contributed by atoms with Gasteiger partial charge in [-0.25, -0.2) is 9.78 Å². The summed E-state index contributed by atoms with van der Waals surface area (Å²) in [7, 11) is 1.53. The van der Waals surface area contributed by atoms with E-state index < -0.39 is 6.03 Å². The molecule has 3 rings (SSSR count). The number of hydrogen-bond acceptors (Lipinski definition) is 4. The summed E-state index contributed by atoms with van der Waals surface area (Å²) in [6.07, 6.45) is 0. The van der Waals surface area contributed by atoms with Crippen molar-refractivity contribution in [1.29, 1.82) is 0 Å². The summed E-state index contributed by atoms with van der Waals surface area (Å²) in [4.78, 5) is 16.8. The maximum Gasteiger partial charge on any atom is 0.325 e. The van der Waals surface area contributed by atoms with Gasteiger partial charge in [0.25, 0.3) is 0 Å². The molecule has 0 atom stereocenters. The number of methoxy groups -OCH3 is 1. The van der Waals surface area contributed by atoms with Crippen molar-refractivity contribution in [3.05, 3.63) is 57.9 Å². The van der Waals surface area contributed by atoms with Gasteiger partial charge in [0.2, 0.25) is 0 Å². The number of halogens is 1. The summed E-state index contributed by atoms with van der Waals surface area (Å²) in [6.45, 7) is 4.10. The van der Waals surface area contributed by atoms with Crippen LogP contribution in [0.1, 0.15) is 11.1 Å². The third-order valence-electron chi connectivity index (χ3n) is 3.79. The number of nitrogens with zero attached hydrogens (tertiary/aromatic N) is 1. The normalized spacial score (nSPS) is 10.5. The number of hydrogen-bond donors (Lipinski definition) is 2. The second kappa shape index (κ2) is 7.76. The molecular weight excluding hydrogens is 370 g/mol. The molecule has 2 N–H and O–H groups in total. The molecule has 26 heavy (non-hydrogen) atoms. The lowest BCUT2D eigenvalue weighted by Gasteiger charge is -2.10. The topological polar surface area (TPSA) is 63.2 Å². The first kappa shape index (κ1) is 18.2. The second-order valence-corrected chi connectivity index (χ2v) is 7.07. The zero-order chi connectivity index (χ0) is 18.7. The molecule has 0 unspecified atom stereocenters. The predicted molar refractivity (Wildman–Crippen MR) is 108 cm³/mol. The van der Waals surface area contributed by atoms with E-state index in [9.17, 15) is 4.79 Å². The fourth-order valence-electron chi connectivity index (χ4n) is 2.58. The predicted octanol–water partition coefficient (Wildman–Crippen LogP) is 5.73. The van der Waals surface area contributed by atoms with Crippen LogP contribution < -0.4 is 15.4 Å². The highest BCUT2D eigenvalue weighted by atomic mass is 35.5. The number of anilines is 2. The van der Waals surface area contributed by atoms with E-state index in [2.05, 4.69) is 28.6 Å². The first-order valence-electron chi connectivity index (χ1n) is 7.91. The maximum atomic E-state index is 12.3. The van der Waals surface area contributed by atoms with Crippen LogP contribution >= 0.6 is 22.9 Å². The van der Waals surface area contributed by atoms with Gasteiger partial charge in [-0.1, -0.05) is 35.4 Å². The number of urea groups is 1. The molecule has 2 aromatic carbocycles. The molecule has 0 spiro atoms. The number of nitrogens with one attached hydrogen (secondary N) is 2. The van der Waals surface area contributed by atoms with Crippen LogP contribution in [-0.4, -0.2) is 18.1 Å². The Bertz CT molecular complexity index is 956. The molecule has 0 radical (unpaired) electrons. The molecule has 0 aliphatic carbocycles. The van der Waals surface area contributed by atoms with Gasteiger partial charge in [-0.2, -0.15) is 0 Å². The summed E-state index contributed by atoms with van der Waals surface area (Å²) in [6, 6.07) is 10.8. The largest absolute Gasteiger partial charge is 0.495 e. The first-order valence-corrected chi connectivity index (χ1v) is 9.16. The highest BCUT2D eigenvalue weighted by Crippen LogP contribution is 2.29. The number of amides is 2. The Morgan fingerprint density at radius 1 is 1.15 bits per heavy atom. The van der Waals surface area contributed by atoms with E-state index >= 15 is 0 Å². The van der Waals surface area contributed by atoms with Crippen molar-refractivity contribution in [2.45, 2.75) is 13.8 Å². The Labute approximate surface area is 161 Å². The fraction of sp³-hybridized carbons (Fsp3) is 0.158. The number of aromatic nitrogens is 1. The SMILES string of the molecule is COc1ccc(Cl)cc1NC(=O)Nc1nc(-c2ccc(C)cc2C)cs1. The Morgan fingerprint density at radius 3 is 2.69 bits per heavy atom. The fourth-order valence-corrected chi connectivity index (χ4v) is 3.46. The lowest BCUT2D eigenvalue weighted by atomic mass is 10.0. The van der Waals surface area contributed by atoms with Crippen molar-refractivity contribution in [3.8, 4) is 17.0 Å². The van der Waals surface area contributed by atoms with Gasteiger partial charge in [-0.15, -0.1) is 11.3 Å². The molecule has 134 valence electrons. The molecule has 7 heteroatoms. The van der Waals surface area contributed by atoms with Crippen LogP contribution in [0.2, 0.25) is 5.02 Å². The summed E-state index contributed by atoms with van der Waals surface area (Å²) >= 11 is 7.35. The highest BCUT2D eigenvalue weighted by molar-refractivity contribution is 7.14. The molecule has 1 aromatic heterocycles. The second-order valence-electron chi connectivity index (χ2n) is 5.78. The lowest BCUT2D eigenvalue weighted by molar-refractivity contribution is 0.262. The minimum Gasteiger partial charge on any atom is -0.495 e. The van der Waals surface area contributed by atoms with Gasteiger partial charge in [0.1, 0.15) is 5.75 Å². The quantitative estimate of drug-likeness (QED) is 0.600. The van der Waals surface area contributed by atoms with E-state index in [0.717, 1.165) is 16.8 Å². The zero-order valence-corrected chi connectivity index (χ0v) is 16.2. The van der Waals surface area contributed by atoms with Crippen LogP contribution in [0.15, 0.2) is 41.8 Å². The number of carbonyl (C=O) groups is 1. The molecule has 5 nitrogen and oxygen atoms in total. The summed E-state index contributed by atoms with van der Waals surface area (Å²) in [5.74, 6) is 0.527. The molecule has 0 fully saturated rings. The van der Waals surface area contributed by atoms with Crippen LogP contribution in [0.4, 0.5) is 15.6 Å². The monoisotopic (exact) mass is 387 g/mol. The average Bonchev–Trinajstić information content (AvgIpc) is 3.03. The van der Waals surface area contributed by atoms with Crippen LogP contribution in [0, 0.1) is 13.8 Å². The molecule has 0 saturated heterocycles. The smallest absolute Gasteiger partial charge is 0.325 e. The van der Waals surface area contributed by atoms with Gasteiger partial charge >= 0.3 is 6.03 Å². The van der Waals surface area contributed by atoms with E-state index in [-0.39, 0.29) is 0 Å². The van der Waals surface area contributed by atoms with Crippen LogP contribution in [0.5, 0.6) is 5.75 Å². The first-order chi connectivity index (χ1) is 12.5. The van der Waals surface area contributed by atoms with Gasteiger partial charge in [0, 0.05) is 16.0 Å². The van der Waals surface area contributed by atoms with Crippen LogP contribution in [-0.2, 0) is 0 Å². The number of aryl methyl sites for hydroxylation is 2. The van der Waals surface area contributed by atoms with E-state index in [0.29, 0.717) is 21.6 Å². The number of rotatable bonds is 4. The minimum absolute atomic E-state index is 0.410. The van der Waals surface area contributed by atoms with Gasteiger partial charge in [0.05, 0.1) is 18.5 Å². The van der Waals surface area contributed by atoms with Crippen molar-refractivity contribution < 1.29 is 9.53 Å². The molecule has 3 aromatic rings. The zero-order valence-electron chi connectivity index (χ0n) is 14.6. The summed E-state index contributed by atoms with van der Waals surface area (Å²) in [5, 5.41) is 8.41. The summed E-state index contributed by atoms with van der Waals surface area (Å²) in [5.41, 5.74) is 4.73. The Hall–Kier alpha value is -2.57. The Kier molecular flexibility index (Phi) is 5.44. The van der Waals surface area contributed by atoms with Crippen molar-refractivity contribution in [1.82, 2.24) is 4.98 Å².